The number of thioether (sulfide) groups is 1. The molecular weight excluding hydrogens is 426 g/mol. The van der Waals surface area contributed by atoms with Gasteiger partial charge in [-0.25, -0.2) is 4.79 Å². The van der Waals surface area contributed by atoms with E-state index in [2.05, 4.69) is 17.9 Å². The van der Waals surface area contributed by atoms with Crippen LogP contribution in [0.5, 0.6) is 0 Å². The second-order valence-corrected chi connectivity index (χ2v) is 9.02. The molecule has 4 nitrogen and oxygen atoms in total. The number of fused-ring (bicyclic) bond motifs is 1. The standard InChI is InChI=1S/C25H27NO3S2/c1-17-9-11-18(12-10-17)15-31-16-23(25(28)29)26-24(27)21(14-30)13-20-7-4-6-19-5-2-3-8-22(19)20/h2-12,21,23,30H,13-16H2,1H3,(H,26,27)(H,28,29)/t21-,23+/m1/s1. The van der Waals surface area contributed by atoms with E-state index in [0.29, 0.717) is 23.7 Å². The minimum absolute atomic E-state index is 0.272. The summed E-state index contributed by atoms with van der Waals surface area (Å²) in [5, 5.41) is 14.5. The van der Waals surface area contributed by atoms with Crippen molar-refractivity contribution < 1.29 is 14.7 Å². The molecule has 0 fully saturated rings. The number of rotatable bonds is 10. The average Bonchev–Trinajstić information content (AvgIpc) is 2.77. The molecule has 6 heteroatoms. The summed E-state index contributed by atoms with van der Waals surface area (Å²) < 4.78 is 0. The normalized spacial score (nSPS) is 13.0. The Kier molecular flexibility index (Phi) is 8.43. The highest BCUT2D eigenvalue weighted by atomic mass is 32.2. The molecule has 0 aromatic heterocycles. The Hall–Kier alpha value is -2.44. The number of hydrogen-bond donors (Lipinski definition) is 3. The van der Waals surface area contributed by atoms with Crippen LogP contribution in [0.3, 0.4) is 0 Å². The lowest BCUT2D eigenvalue weighted by Crippen LogP contribution is -2.46. The van der Waals surface area contributed by atoms with Gasteiger partial charge in [0.2, 0.25) is 5.91 Å². The first kappa shape index (κ1) is 23.2. The molecule has 0 aliphatic carbocycles. The SMILES string of the molecule is Cc1ccc(CSC[C@H](NC(=O)[C@@H](CS)Cc2cccc3ccccc23)C(=O)O)cc1. The molecule has 162 valence electrons. The van der Waals surface area contributed by atoms with Gasteiger partial charge >= 0.3 is 5.97 Å². The van der Waals surface area contributed by atoms with Crippen molar-refractivity contribution in [3.63, 3.8) is 0 Å². The maximum Gasteiger partial charge on any atom is 0.327 e. The number of carboxylic acid groups (broad SMARTS) is 1. The second kappa shape index (κ2) is 11.3. The van der Waals surface area contributed by atoms with Gasteiger partial charge in [0.1, 0.15) is 6.04 Å². The largest absolute Gasteiger partial charge is 0.480 e. The molecule has 0 unspecified atom stereocenters. The highest BCUT2D eigenvalue weighted by Crippen LogP contribution is 2.22. The van der Waals surface area contributed by atoms with Crippen molar-refractivity contribution in [1.29, 1.82) is 0 Å². The van der Waals surface area contributed by atoms with Gasteiger partial charge in [0.05, 0.1) is 5.92 Å². The molecule has 0 aliphatic heterocycles. The van der Waals surface area contributed by atoms with Crippen molar-refractivity contribution in [2.24, 2.45) is 5.92 Å². The number of benzene rings is 3. The van der Waals surface area contributed by atoms with E-state index in [1.807, 2.05) is 73.7 Å². The summed E-state index contributed by atoms with van der Waals surface area (Å²) in [5.41, 5.74) is 3.39. The van der Waals surface area contributed by atoms with Gasteiger partial charge in [0.15, 0.2) is 0 Å². The first-order valence-electron chi connectivity index (χ1n) is 10.2. The molecule has 2 atom stereocenters. The fourth-order valence-electron chi connectivity index (χ4n) is 3.42. The molecule has 0 heterocycles. The van der Waals surface area contributed by atoms with Gasteiger partial charge in [-0.3, -0.25) is 4.79 Å². The number of carbonyl (C=O) groups is 2. The molecule has 0 bridgehead atoms. The van der Waals surface area contributed by atoms with Crippen LogP contribution in [-0.4, -0.2) is 34.5 Å². The molecule has 3 aromatic carbocycles. The van der Waals surface area contributed by atoms with Crippen LogP contribution in [0, 0.1) is 12.8 Å². The Labute approximate surface area is 192 Å². The molecular formula is C25H27NO3S2. The van der Waals surface area contributed by atoms with Gasteiger partial charge in [-0.15, -0.1) is 0 Å². The van der Waals surface area contributed by atoms with Gasteiger partial charge in [-0.1, -0.05) is 72.3 Å². The quantitative estimate of drug-likeness (QED) is 0.388. The number of nitrogens with one attached hydrogen (secondary N) is 1. The fourth-order valence-corrected chi connectivity index (χ4v) is 4.72. The van der Waals surface area contributed by atoms with E-state index in [-0.39, 0.29) is 5.91 Å². The summed E-state index contributed by atoms with van der Waals surface area (Å²) in [6, 6.07) is 21.3. The highest BCUT2D eigenvalue weighted by Gasteiger charge is 2.25. The molecule has 3 aromatic rings. The third kappa shape index (κ3) is 6.52. The predicted octanol–water partition coefficient (Wildman–Crippen LogP) is 4.74. The number of aliphatic carboxylic acids is 1. The van der Waals surface area contributed by atoms with Gasteiger partial charge < -0.3 is 10.4 Å². The third-order valence-corrected chi connectivity index (χ3v) is 6.77. The molecule has 3 rings (SSSR count). The lowest BCUT2D eigenvalue weighted by molar-refractivity contribution is -0.141. The summed E-state index contributed by atoms with van der Waals surface area (Å²) in [6.07, 6.45) is 0.513. The third-order valence-electron chi connectivity index (χ3n) is 5.23. The number of carboxylic acids is 1. The number of aryl methyl sites for hydroxylation is 1. The average molecular weight is 454 g/mol. The fraction of sp³-hybridized carbons (Fsp3) is 0.280. The predicted molar refractivity (Wildman–Crippen MR) is 132 cm³/mol. The summed E-state index contributed by atoms with van der Waals surface area (Å²) >= 11 is 5.87. The van der Waals surface area contributed by atoms with Crippen LogP contribution in [-0.2, 0) is 21.8 Å². The topological polar surface area (TPSA) is 66.4 Å². The Morgan fingerprint density at radius 3 is 2.45 bits per heavy atom. The van der Waals surface area contributed by atoms with Crippen LogP contribution >= 0.6 is 24.4 Å². The molecule has 1 amide bonds. The van der Waals surface area contributed by atoms with Crippen LogP contribution in [0.4, 0.5) is 0 Å². The minimum atomic E-state index is -1.02. The van der Waals surface area contributed by atoms with Gasteiger partial charge in [-0.05, 0) is 35.2 Å². The van der Waals surface area contributed by atoms with E-state index in [0.717, 1.165) is 21.9 Å². The Bertz CT molecular complexity index is 1030. The second-order valence-electron chi connectivity index (χ2n) is 7.62. The lowest BCUT2D eigenvalue weighted by Gasteiger charge is -2.20. The van der Waals surface area contributed by atoms with E-state index >= 15 is 0 Å². The first-order chi connectivity index (χ1) is 15.0. The van der Waals surface area contributed by atoms with Crippen LogP contribution in [0.2, 0.25) is 0 Å². The maximum absolute atomic E-state index is 12.9. The van der Waals surface area contributed by atoms with Crippen molar-refractivity contribution in [1.82, 2.24) is 5.32 Å². The Morgan fingerprint density at radius 1 is 1.03 bits per heavy atom. The molecule has 0 spiro atoms. The summed E-state index contributed by atoms with van der Waals surface area (Å²) in [5.74, 6) is -0.344. The van der Waals surface area contributed by atoms with Crippen molar-refractivity contribution in [3.8, 4) is 0 Å². The van der Waals surface area contributed by atoms with Gasteiger partial charge in [-0.2, -0.15) is 24.4 Å². The molecule has 0 saturated heterocycles. The van der Waals surface area contributed by atoms with Gasteiger partial charge in [0, 0.05) is 17.3 Å². The van der Waals surface area contributed by atoms with E-state index < -0.39 is 17.9 Å². The van der Waals surface area contributed by atoms with Crippen molar-refractivity contribution in [2.45, 2.75) is 25.1 Å². The molecule has 31 heavy (non-hydrogen) atoms. The van der Waals surface area contributed by atoms with Crippen LogP contribution in [0.25, 0.3) is 10.8 Å². The zero-order valence-corrected chi connectivity index (χ0v) is 19.2. The number of thiol groups is 1. The molecule has 2 N–H and O–H groups in total. The molecule has 0 saturated carbocycles. The van der Waals surface area contributed by atoms with E-state index in [4.69, 9.17) is 0 Å². The van der Waals surface area contributed by atoms with E-state index in [9.17, 15) is 14.7 Å². The monoisotopic (exact) mass is 453 g/mol. The summed E-state index contributed by atoms with van der Waals surface area (Å²) in [4.78, 5) is 24.6. The van der Waals surface area contributed by atoms with Crippen LogP contribution in [0.1, 0.15) is 16.7 Å². The summed E-state index contributed by atoms with van der Waals surface area (Å²) in [6.45, 7) is 2.03. The number of amides is 1. The molecule has 0 aliphatic rings. The number of carbonyl (C=O) groups excluding carboxylic acids is 1. The molecule has 0 radical (unpaired) electrons. The van der Waals surface area contributed by atoms with Crippen LogP contribution in [0.15, 0.2) is 66.7 Å². The zero-order valence-electron chi connectivity index (χ0n) is 17.5. The lowest BCUT2D eigenvalue weighted by atomic mass is 9.95. The first-order valence-corrected chi connectivity index (χ1v) is 12.0. The Balaban J connectivity index is 1.61. The van der Waals surface area contributed by atoms with Crippen LogP contribution < -0.4 is 5.32 Å². The number of hydrogen-bond acceptors (Lipinski definition) is 4. The van der Waals surface area contributed by atoms with E-state index in [1.54, 1.807) is 0 Å². The van der Waals surface area contributed by atoms with Gasteiger partial charge in [0.25, 0.3) is 0 Å². The summed E-state index contributed by atoms with van der Waals surface area (Å²) in [7, 11) is 0. The van der Waals surface area contributed by atoms with Crippen molar-refractivity contribution in [2.75, 3.05) is 11.5 Å². The zero-order chi connectivity index (χ0) is 22.2. The van der Waals surface area contributed by atoms with Crippen molar-refractivity contribution >= 4 is 47.0 Å². The smallest absolute Gasteiger partial charge is 0.327 e. The minimum Gasteiger partial charge on any atom is -0.480 e. The van der Waals surface area contributed by atoms with E-state index in [1.165, 1.54) is 17.3 Å². The Morgan fingerprint density at radius 2 is 1.74 bits per heavy atom. The highest BCUT2D eigenvalue weighted by molar-refractivity contribution is 7.98. The van der Waals surface area contributed by atoms with Crippen molar-refractivity contribution in [3.05, 3.63) is 83.4 Å². The maximum atomic E-state index is 12.9.